The number of benzene rings is 1. The van der Waals surface area contributed by atoms with Crippen LogP contribution in [0.1, 0.15) is 19.4 Å². The fraction of sp³-hybridized carbons (Fsp3) is 0.500. The monoisotopic (exact) mass is 266 g/mol. The Morgan fingerprint density at radius 1 is 1.37 bits per heavy atom. The summed E-state index contributed by atoms with van der Waals surface area (Å²) in [5, 5.41) is 12.8. The van der Waals surface area contributed by atoms with Gasteiger partial charge in [-0.2, -0.15) is 0 Å². The Hall–Kier alpha value is -1.43. The number of ether oxygens (including phenoxy) is 1. The number of primary amides is 1. The van der Waals surface area contributed by atoms with Crippen molar-refractivity contribution >= 4 is 5.91 Å². The molecule has 0 radical (unpaired) electrons. The fourth-order valence-corrected chi connectivity index (χ4v) is 1.68. The Morgan fingerprint density at radius 2 is 2.00 bits per heavy atom. The summed E-state index contributed by atoms with van der Waals surface area (Å²) in [6.07, 6.45) is -0.654. The molecule has 2 unspecified atom stereocenters. The average Bonchev–Trinajstić information content (AvgIpc) is 2.37. The van der Waals surface area contributed by atoms with E-state index < -0.39 is 18.1 Å². The van der Waals surface area contributed by atoms with Gasteiger partial charge in [-0.05, 0) is 25.8 Å². The topological polar surface area (TPSA) is 84.6 Å². The van der Waals surface area contributed by atoms with Gasteiger partial charge >= 0.3 is 0 Å². The third-order valence-electron chi connectivity index (χ3n) is 2.73. The summed E-state index contributed by atoms with van der Waals surface area (Å²) in [5.41, 5.74) is 6.17. The lowest BCUT2D eigenvalue weighted by molar-refractivity contribution is -0.127. The van der Waals surface area contributed by atoms with E-state index in [-0.39, 0.29) is 12.8 Å². The van der Waals surface area contributed by atoms with Crippen molar-refractivity contribution in [3.8, 4) is 0 Å². The van der Waals surface area contributed by atoms with Crippen LogP contribution in [-0.4, -0.2) is 36.0 Å². The van der Waals surface area contributed by atoms with Gasteiger partial charge in [0.1, 0.15) is 6.10 Å². The molecule has 1 aromatic rings. The van der Waals surface area contributed by atoms with Crippen molar-refractivity contribution < 1.29 is 14.6 Å². The Kier molecular flexibility index (Phi) is 6.49. The standard InChI is InChI=1S/C14H22N2O3/c1-10(2)19-9-16-12(13(17)14(15)18)8-11-6-4-3-5-7-11/h3-7,10,12-13,16-17H,8-9H2,1-2H3,(H2,15,18). The second-order valence-electron chi connectivity index (χ2n) is 4.71. The maximum absolute atomic E-state index is 11.1. The molecular formula is C14H22N2O3. The maximum Gasteiger partial charge on any atom is 0.247 e. The molecule has 0 saturated carbocycles. The highest BCUT2D eigenvalue weighted by molar-refractivity contribution is 5.79. The van der Waals surface area contributed by atoms with E-state index >= 15 is 0 Å². The van der Waals surface area contributed by atoms with Gasteiger partial charge in [0.15, 0.2) is 0 Å². The third kappa shape index (κ3) is 5.83. The minimum absolute atomic E-state index is 0.0793. The average molecular weight is 266 g/mol. The van der Waals surface area contributed by atoms with Crippen LogP contribution in [0, 0.1) is 0 Å². The molecule has 0 heterocycles. The lowest BCUT2D eigenvalue weighted by atomic mass is 10.0. The van der Waals surface area contributed by atoms with Gasteiger partial charge in [-0.25, -0.2) is 0 Å². The van der Waals surface area contributed by atoms with E-state index in [4.69, 9.17) is 10.5 Å². The summed E-state index contributed by atoms with van der Waals surface area (Å²) in [7, 11) is 0. The van der Waals surface area contributed by atoms with Crippen molar-refractivity contribution in [3.63, 3.8) is 0 Å². The predicted octanol–water partition coefficient (Wildman–Crippen LogP) is 0.416. The molecule has 0 aliphatic rings. The Bertz CT molecular complexity index is 382. The molecule has 2 atom stereocenters. The summed E-state index contributed by atoms with van der Waals surface area (Å²) in [6.45, 7) is 4.09. The summed E-state index contributed by atoms with van der Waals surface area (Å²) in [4.78, 5) is 11.1. The van der Waals surface area contributed by atoms with Crippen molar-refractivity contribution in [2.24, 2.45) is 5.73 Å². The van der Waals surface area contributed by atoms with Gasteiger partial charge in [0.25, 0.3) is 0 Å². The second kappa shape index (κ2) is 7.89. The number of amides is 1. The fourth-order valence-electron chi connectivity index (χ4n) is 1.68. The highest BCUT2D eigenvalue weighted by atomic mass is 16.5. The summed E-state index contributed by atoms with van der Waals surface area (Å²) in [6, 6.07) is 9.15. The first-order valence-corrected chi connectivity index (χ1v) is 6.37. The van der Waals surface area contributed by atoms with Crippen LogP contribution in [0.5, 0.6) is 0 Å². The largest absolute Gasteiger partial charge is 0.382 e. The lowest BCUT2D eigenvalue weighted by Crippen LogP contribution is -2.49. The van der Waals surface area contributed by atoms with E-state index in [0.29, 0.717) is 6.42 Å². The van der Waals surface area contributed by atoms with Crippen molar-refractivity contribution in [2.45, 2.75) is 38.5 Å². The van der Waals surface area contributed by atoms with Crippen molar-refractivity contribution in [3.05, 3.63) is 35.9 Å². The number of aliphatic hydroxyl groups is 1. The Balaban J connectivity index is 2.61. The molecule has 0 fully saturated rings. The van der Waals surface area contributed by atoms with Crippen LogP contribution in [0.2, 0.25) is 0 Å². The maximum atomic E-state index is 11.1. The highest BCUT2D eigenvalue weighted by Crippen LogP contribution is 2.06. The molecule has 4 N–H and O–H groups in total. The van der Waals surface area contributed by atoms with E-state index in [1.54, 1.807) is 0 Å². The van der Waals surface area contributed by atoms with Gasteiger partial charge in [-0.15, -0.1) is 0 Å². The lowest BCUT2D eigenvalue weighted by Gasteiger charge is -2.23. The Morgan fingerprint density at radius 3 is 2.53 bits per heavy atom. The van der Waals surface area contributed by atoms with Crippen LogP contribution < -0.4 is 11.1 Å². The van der Waals surface area contributed by atoms with Crippen LogP contribution >= 0.6 is 0 Å². The predicted molar refractivity (Wildman–Crippen MR) is 73.4 cm³/mol. The van der Waals surface area contributed by atoms with E-state index in [9.17, 15) is 9.90 Å². The molecule has 0 saturated heterocycles. The van der Waals surface area contributed by atoms with Crippen LogP contribution in [0.4, 0.5) is 0 Å². The van der Waals surface area contributed by atoms with E-state index in [2.05, 4.69) is 5.32 Å². The quantitative estimate of drug-likeness (QED) is 0.595. The zero-order valence-electron chi connectivity index (χ0n) is 11.4. The van der Waals surface area contributed by atoms with E-state index in [1.165, 1.54) is 0 Å². The minimum atomic E-state index is -1.24. The second-order valence-corrected chi connectivity index (χ2v) is 4.71. The van der Waals surface area contributed by atoms with Crippen LogP contribution in [-0.2, 0) is 16.0 Å². The molecule has 0 aromatic heterocycles. The molecule has 1 rings (SSSR count). The number of aliphatic hydroxyl groups excluding tert-OH is 1. The zero-order chi connectivity index (χ0) is 14.3. The van der Waals surface area contributed by atoms with Crippen molar-refractivity contribution in [2.75, 3.05) is 6.73 Å². The first-order valence-electron chi connectivity index (χ1n) is 6.37. The van der Waals surface area contributed by atoms with Crippen molar-refractivity contribution in [1.29, 1.82) is 0 Å². The summed E-state index contributed by atoms with van der Waals surface area (Å²) in [5.74, 6) is -0.738. The first kappa shape index (κ1) is 15.6. The third-order valence-corrected chi connectivity index (χ3v) is 2.73. The smallest absolute Gasteiger partial charge is 0.247 e. The molecule has 0 aliphatic carbocycles. The molecule has 1 aromatic carbocycles. The molecule has 0 bridgehead atoms. The zero-order valence-corrected chi connectivity index (χ0v) is 11.4. The van der Waals surface area contributed by atoms with Gasteiger partial charge < -0.3 is 15.6 Å². The van der Waals surface area contributed by atoms with Gasteiger partial charge in [0, 0.05) is 6.04 Å². The molecule has 19 heavy (non-hydrogen) atoms. The number of hydrogen-bond donors (Lipinski definition) is 3. The first-order chi connectivity index (χ1) is 9.00. The van der Waals surface area contributed by atoms with Gasteiger partial charge in [0.05, 0.1) is 12.8 Å². The number of carbonyl (C=O) groups excluding carboxylic acids is 1. The number of rotatable bonds is 8. The van der Waals surface area contributed by atoms with E-state index in [0.717, 1.165) is 5.56 Å². The number of nitrogens with two attached hydrogens (primary N) is 1. The highest BCUT2D eigenvalue weighted by Gasteiger charge is 2.23. The summed E-state index contributed by atoms with van der Waals surface area (Å²) >= 11 is 0. The van der Waals surface area contributed by atoms with Gasteiger partial charge in [-0.3, -0.25) is 10.1 Å². The number of nitrogens with one attached hydrogen (secondary N) is 1. The SMILES string of the molecule is CC(C)OCNC(Cc1ccccc1)C(O)C(N)=O. The summed E-state index contributed by atoms with van der Waals surface area (Å²) < 4.78 is 5.37. The molecule has 5 nitrogen and oxygen atoms in total. The van der Waals surface area contributed by atoms with E-state index in [1.807, 2.05) is 44.2 Å². The molecule has 106 valence electrons. The van der Waals surface area contributed by atoms with Crippen LogP contribution in [0.15, 0.2) is 30.3 Å². The van der Waals surface area contributed by atoms with Crippen LogP contribution in [0.25, 0.3) is 0 Å². The molecule has 1 amide bonds. The van der Waals surface area contributed by atoms with Crippen LogP contribution in [0.3, 0.4) is 0 Å². The minimum Gasteiger partial charge on any atom is -0.382 e. The molecule has 0 aliphatic heterocycles. The van der Waals surface area contributed by atoms with Crippen molar-refractivity contribution in [1.82, 2.24) is 5.32 Å². The van der Waals surface area contributed by atoms with Gasteiger partial charge in [-0.1, -0.05) is 30.3 Å². The number of hydrogen-bond acceptors (Lipinski definition) is 4. The normalized spacial score (nSPS) is 14.3. The number of carbonyl (C=O) groups is 1. The Labute approximate surface area is 113 Å². The van der Waals surface area contributed by atoms with Gasteiger partial charge in [0.2, 0.25) is 5.91 Å². The molecule has 5 heteroatoms. The molecule has 0 spiro atoms. The molecular weight excluding hydrogens is 244 g/mol.